The van der Waals surface area contributed by atoms with Gasteiger partial charge >= 0.3 is 11.9 Å². The zero-order chi connectivity index (χ0) is 29.1. The van der Waals surface area contributed by atoms with Gasteiger partial charge in [0.25, 0.3) is 0 Å². The smallest absolute Gasteiger partial charge is 0.308 e. The highest BCUT2D eigenvalue weighted by Gasteiger charge is 2.75. The topological polar surface area (TPSA) is 98.5 Å². The van der Waals surface area contributed by atoms with Crippen LogP contribution >= 0.6 is 0 Å². The van der Waals surface area contributed by atoms with Crippen molar-refractivity contribution in [1.29, 1.82) is 0 Å². The Hall–Kier alpha value is -3.59. The van der Waals surface area contributed by atoms with Crippen LogP contribution in [0.25, 0.3) is 6.08 Å². The summed E-state index contributed by atoms with van der Waals surface area (Å²) in [6.07, 6.45) is 8.62. The standard InChI is InChI=1S/C32H38N2O7/c1-19(2)17-34(27(37)9-6-22-11-15-38-18-22)24-10-12-32(41-21(4)36)26-16-23-7-8-25(39-20(3)35)29-28(23)31(32,30(24)40-29)13-14-33(26)5/h6-9,11,15,18-19,24,26,30H,10,12-14,16-17H2,1-5H3/b9-6+/t24-,26-,30+,31+,32-/m1/s1. The van der Waals surface area contributed by atoms with Crippen molar-refractivity contribution in [3.05, 3.63) is 53.5 Å². The Morgan fingerprint density at radius 2 is 1.98 bits per heavy atom. The number of furan rings is 1. The van der Waals surface area contributed by atoms with Crippen LogP contribution in [0.2, 0.25) is 0 Å². The van der Waals surface area contributed by atoms with E-state index in [0.29, 0.717) is 43.7 Å². The Kier molecular flexibility index (Phi) is 6.76. The molecule has 1 spiro atoms. The van der Waals surface area contributed by atoms with Crippen molar-refractivity contribution in [2.24, 2.45) is 5.92 Å². The molecule has 0 unspecified atom stereocenters. The van der Waals surface area contributed by atoms with Crippen LogP contribution in [0.15, 0.2) is 41.2 Å². The highest BCUT2D eigenvalue weighted by molar-refractivity contribution is 5.92. The molecule has 6 rings (SSSR count). The summed E-state index contributed by atoms with van der Waals surface area (Å²) in [5, 5.41) is 0. The van der Waals surface area contributed by atoms with E-state index in [9.17, 15) is 14.4 Å². The van der Waals surface area contributed by atoms with E-state index in [-0.39, 0.29) is 29.9 Å². The SMILES string of the molecule is CC(=O)Oc1ccc2c3c1O[C@H]1[C@H](N(CC(C)C)C(=O)/C=C/c4ccoc4)CC[C@@]4(OC(C)=O)[C@@H](C2)N(C)CC[C@]314. The van der Waals surface area contributed by atoms with Crippen molar-refractivity contribution in [3.8, 4) is 11.5 Å². The second-order valence-corrected chi connectivity index (χ2v) is 12.3. The molecule has 218 valence electrons. The molecular weight excluding hydrogens is 524 g/mol. The molecule has 0 radical (unpaired) electrons. The first kappa shape index (κ1) is 27.6. The van der Waals surface area contributed by atoms with Crippen LogP contribution in [0.4, 0.5) is 0 Å². The van der Waals surface area contributed by atoms with Gasteiger partial charge in [-0.1, -0.05) is 19.9 Å². The number of hydrogen-bond donors (Lipinski definition) is 0. The van der Waals surface area contributed by atoms with Gasteiger partial charge in [-0.15, -0.1) is 0 Å². The summed E-state index contributed by atoms with van der Waals surface area (Å²) in [5.41, 5.74) is 1.37. The Balaban J connectivity index is 1.51. The molecule has 4 aliphatic rings. The largest absolute Gasteiger partial charge is 0.483 e. The van der Waals surface area contributed by atoms with Gasteiger partial charge in [0.15, 0.2) is 11.5 Å². The Morgan fingerprint density at radius 3 is 2.66 bits per heavy atom. The van der Waals surface area contributed by atoms with Gasteiger partial charge in [-0.3, -0.25) is 19.3 Å². The molecule has 1 aromatic heterocycles. The highest BCUT2D eigenvalue weighted by atomic mass is 16.6. The molecule has 5 atom stereocenters. The second-order valence-electron chi connectivity index (χ2n) is 12.3. The predicted molar refractivity (Wildman–Crippen MR) is 150 cm³/mol. The number of benzene rings is 1. The molecule has 9 nitrogen and oxygen atoms in total. The molecule has 2 aliphatic carbocycles. The number of likely N-dealkylation sites (tertiary alicyclic amines) is 1. The molecule has 1 saturated heterocycles. The van der Waals surface area contributed by atoms with Crippen molar-refractivity contribution in [2.45, 2.75) is 82.6 Å². The minimum absolute atomic E-state index is 0.0412. The number of nitrogens with zero attached hydrogens (tertiary/aromatic N) is 2. The fourth-order valence-electron chi connectivity index (χ4n) is 8.12. The summed E-state index contributed by atoms with van der Waals surface area (Å²) in [4.78, 5) is 43.0. The minimum Gasteiger partial charge on any atom is -0.483 e. The van der Waals surface area contributed by atoms with E-state index in [1.165, 1.54) is 13.8 Å². The maximum absolute atomic E-state index is 13.9. The van der Waals surface area contributed by atoms with Gasteiger partial charge in [0.05, 0.1) is 30.0 Å². The number of ether oxygens (including phenoxy) is 3. The van der Waals surface area contributed by atoms with E-state index in [0.717, 1.165) is 23.2 Å². The number of hydrogen-bond acceptors (Lipinski definition) is 8. The molecule has 2 bridgehead atoms. The summed E-state index contributed by atoms with van der Waals surface area (Å²) >= 11 is 0. The zero-order valence-corrected chi connectivity index (χ0v) is 24.3. The van der Waals surface area contributed by atoms with Gasteiger partial charge in [-0.2, -0.15) is 0 Å². The zero-order valence-electron chi connectivity index (χ0n) is 24.3. The van der Waals surface area contributed by atoms with Crippen LogP contribution in [0.3, 0.4) is 0 Å². The van der Waals surface area contributed by atoms with Crippen LogP contribution in [-0.2, 0) is 31.0 Å². The third-order valence-electron chi connectivity index (χ3n) is 9.43. The van der Waals surface area contributed by atoms with E-state index in [4.69, 9.17) is 18.6 Å². The maximum Gasteiger partial charge on any atom is 0.308 e. The number of amides is 1. The molecule has 1 saturated carbocycles. The number of carbonyl (C=O) groups excluding carboxylic acids is 3. The summed E-state index contributed by atoms with van der Waals surface area (Å²) < 4.78 is 24.2. The Bertz CT molecular complexity index is 1400. The molecule has 1 aromatic carbocycles. The molecule has 2 aromatic rings. The summed E-state index contributed by atoms with van der Waals surface area (Å²) in [6.45, 7) is 8.36. The average molecular weight is 563 g/mol. The second kappa shape index (κ2) is 10.0. The first-order chi connectivity index (χ1) is 19.6. The molecule has 1 amide bonds. The van der Waals surface area contributed by atoms with Crippen LogP contribution in [0.1, 0.15) is 63.6 Å². The number of likely N-dealkylation sites (N-methyl/N-ethyl adjacent to an activating group) is 1. The molecule has 0 N–H and O–H groups in total. The summed E-state index contributed by atoms with van der Waals surface area (Å²) in [6, 6.07) is 5.30. The van der Waals surface area contributed by atoms with Gasteiger partial charge in [0.1, 0.15) is 11.7 Å². The summed E-state index contributed by atoms with van der Waals surface area (Å²) in [5.74, 6) is 0.258. The van der Waals surface area contributed by atoms with E-state index in [1.807, 2.05) is 11.0 Å². The van der Waals surface area contributed by atoms with E-state index >= 15 is 0 Å². The fraction of sp³-hybridized carbons (Fsp3) is 0.531. The monoisotopic (exact) mass is 562 g/mol. The van der Waals surface area contributed by atoms with Crippen LogP contribution in [-0.4, -0.2) is 71.6 Å². The molecule has 2 fully saturated rings. The van der Waals surface area contributed by atoms with Crippen LogP contribution in [0, 0.1) is 5.92 Å². The van der Waals surface area contributed by atoms with Gasteiger partial charge in [0.2, 0.25) is 5.91 Å². The Morgan fingerprint density at radius 1 is 1.17 bits per heavy atom. The van der Waals surface area contributed by atoms with E-state index < -0.39 is 23.1 Å². The third-order valence-corrected chi connectivity index (χ3v) is 9.43. The first-order valence-electron chi connectivity index (χ1n) is 14.5. The lowest BCUT2D eigenvalue weighted by atomic mass is 9.48. The van der Waals surface area contributed by atoms with Crippen LogP contribution in [0.5, 0.6) is 11.5 Å². The average Bonchev–Trinajstić information content (AvgIpc) is 3.55. The van der Waals surface area contributed by atoms with Gasteiger partial charge in [-0.25, -0.2) is 0 Å². The quantitative estimate of drug-likeness (QED) is 0.282. The number of rotatable bonds is 7. The van der Waals surface area contributed by atoms with E-state index in [2.05, 4.69) is 25.8 Å². The van der Waals surface area contributed by atoms with E-state index in [1.54, 1.807) is 36.8 Å². The van der Waals surface area contributed by atoms with Crippen molar-refractivity contribution < 1.29 is 33.0 Å². The maximum atomic E-state index is 13.9. The van der Waals surface area contributed by atoms with Crippen LogP contribution < -0.4 is 9.47 Å². The molecule has 9 heteroatoms. The number of esters is 2. The molecular formula is C32H38N2O7. The normalized spacial score (nSPS) is 29.7. The fourth-order valence-corrected chi connectivity index (χ4v) is 8.12. The molecule has 3 heterocycles. The lowest BCUT2D eigenvalue weighted by molar-refractivity contribution is -0.221. The Labute approximate surface area is 240 Å². The van der Waals surface area contributed by atoms with Crippen molar-refractivity contribution in [1.82, 2.24) is 9.80 Å². The first-order valence-corrected chi connectivity index (χ1v) is 14.5. The van der Waals surface area contributed by atoms with Crippen molar-refractivity contribution in [2.75, 3.05) is 20.1 Å². The lowest BCUT2D eigenvalue weighted by Gasteiger charge is -2.65. The molecule has 41 heavy (non-hydrogen) atoms. The van der Waals surface area contributed by atoms with Gasteiger partial charge in [0, 0.05) is 37.6 Å². The van der Waals surface area contributed by atoms with Gasteiger partial charge < -0.3 is 23.5 Å². The predicted octanol–water partition coefficient (Wildman–Crippen LogP) is 4.13. The molecule has 2 aliphatic heterocycles. The number of carbonyl (C=O) groups is 3. The minimum atomic E-state index is -0.834. The highest BCUT2D eigenvalue weighted by Crippen LogP contribution is 2.67. The van der Waals surface area contributed by atoms with Crippen molar-refractivity contribution >= 4 is 23.9 Å². The van der Waals surface area contributed by atoms with Gasteiger partial charge in [-0.05, 0) is 69.0 Å². The summed E-state index contributed by atoms with van der Waals surface area (Å²) in [7, 11) is 2.09. The number of piperidine rings is 1. The lowest BCUT2D eigenvalue weighted by Crippen LogP contribution is -2.79. The third kappa shape index (κ3) is 4.19. The van der Waals surface area contributed by atoms with Crippen molar-refractivity contribution in [3.63, 3.8) is 0 Å².